The number of carbonyl (C=O) groups is 2. The zero-order valence-corrected chi connectivity index (χ0v) is 37.8. The zero-order chi connectivity index (χ0) is 41.8. The minimum atomic E-state index is -0.107. The molecule has 4 aliphatic rings. The largest absolute Gasteiger partial charge is 0.494 e. The van der Waals surface area contributed by atoms with Crippen LogP contribution in [0.2, 0.25) is 0 Å². The third-order valence-corrected chi connectivity index (χ3v) is 15.5. The zero-order valence-electron chi connectivity index (χ0n) is 37.8. The minimum absolute atomic E-state index is 0.00430. The highest BCUT2D eigenvalue weighted by Gasteiger charge is 2.59. The van der Waals surface area contributed by atoms with Crippen molar-refractivity contribution in [3.63, 3.8) is 0 Å². The van der Waals surface area contributed by atoms with Gasteiger partial charge in [0.1, 0.15) is 17.6 Å². The van der Waals surface area contributed by atoms with Crippen LogP contribution in [0, 0.1) is 46.3 Å². The van der Waals surface area contributed by atoms with Gasteiger partial charge in [0.15, 0.2) is 5.78 Å². The Morgan fingerprint density at radius 1 is 0.797 bits per heavy atom. The molecule has 5 heteroatoms. The molecule has 2 aromatic rings. The fourth-order valence-corrected chi connectivity index (χ4v) is 12.2. The van der Waals surface area contributed by atoms with E-state index in [-0.39, 0.29) is 23.3 Å². The van der Waals surface area contributed by atoms with Crippen LogP contribution in [-0.4, -0.2) is 31.1 Å². The lowest BCUT2D eigenvalue weighted by molar-refractivity contribution is -0.151. The molecule has 3 fully saturated rings. The fraction of sp³-hybridized carbons (Fsp3) is 0.667. The first-order chi connectivity index (χ1) is 28.5. The molecule has 0 radical (unpaired) electrons. The number of carbonyl (C=O) groups excluding carboxylic acids is 2. The van der Waals surface area contributed by atoms with Crippen molar-refractivity contribution in [1.82, 2.24) is 0 Å². The van der Waals surface area contributed by atoms with E-state index >= 15 is 0 Å². The number of esters is 1. The number of ketones is 1. The SMILES string of the molecule is CCCCCCCCOc1cccc(C(=O)/C=C/c2ccc(OCCCC(=O)O[C@H]3CC[C@@]4(C)C(=CC[C@H]5[C@@H]6CC[C@H]([C@H](C)CCCC(C)C)[C@@]6(C)CC[C@@H]54)C3)cc2)c1. The van der Waals surface area contributed by atoms with Crippen LogP contribution in [-0.2, 0) is 9.53 Å². The van der Waals surface area contributed by atoms with Gasteiger partial charge in [0.05, 0.1) is 13.2 Å². The second kappa shape index (κ2) is 21.4. The third kappa shape index (κ3) is 11.7. The Morgan fingerprint density at radius 3 is 2.36 bits per heavy atom. The number of ether oxygens (including phenoxy) is 3. The molecule has 324 valence electrons. The van der Waals surface area contributed by atoms with Crippen LogP contribution in [0.15, 0.2) is 66.3 Å². The van der Waals surface area contributed by atoms with E-state index in [1.807, 2.05) is 54.6 Å². The number of unbranched alkanes of at least 4 members (excludes halogenated alkanes) is 5. The van der Waals surface area contributed by atoms with E-state index in [0.717, 1.165) is 78.3 Å². The molecule has 0 aliphatic heterocycles. The third-order valence-electron chi connectivity index (χ3n) is 15.5. The van der Waals surface area contributed by atoms with E-state index in [1.54, 1.807) is 11.6 Å². The summed E-state index contributed by atoms with van der Waals surface area (Å²) in [4.78, 5) is 25.9. The molecular weight excluding hydrogens is 729 g/mol. The number of hydrogen-bond donors (Lipinski definition) is 0. The van der Waals surface area contributed by atoms with Crippen LogP contribution in [0.3, 0.4) is 0 Å². The number of fused-ring (bicyclic) bond motifs is 5. The van der Waals surface area contributed by atoms with Crippen molar-refractivity contribution in [3.8, 4) is 11.5 Å². The maximum atomic E-state index is 13.0. The Hall–Kier alpha value is -3.34. The standard InChI is InChI=1S/C54H78O5/c1-7-8-9-10-11-12-35-58-45-19-14-18-42(37-45)51(55)30-23-41-21-25-44(26-22-41)57-36-15-20-52(56)59-46-31-33-53(5)43(38-46)24-27-47-49-29-28-48(40(4)17-13-16-39(2)3)54(49,6)34-32-50(47)53/h14,18-19,21-26,30,37,39-40,46-50H,7-13,15-17,20,27-29,31-36,38H2,1-6H3/b30-23+/t40-,46+,47+,48-,49+,50+,53+,54-/m1/s1. The summed E-state index contributed by atoms with van der Waals surface area (Å²) in [7, 11) is 0. The van der Waals surface area contributed by atoms with Crippen molar-refractivity contribution in [1.29, 1.82) is 0 Å². The quantitative estimate of drug-likeness (QED) is 0.0390. The number of hydrogen-bond acceptors (Lipinski definition) is 5. The summed E-state index contributed by atoms with van der Waals surface area (Å²) in [5, 5.41) is 0. The van der Waals surface area contributed by atoms with Gasteiger partial charge in [-0.05, 0) is 140 Å². The van der Waals surface area contributed by atoms with E-state index in [2.05, 4.69) is 47.6 Å². The van der Waals surface area contributed by atoms with E-state index in [4.69, 9.17) is 14.2 Å². The van der Waals surface area contributed by atoms with Crippen molar-refractivity contribution in [2.75, 3.05) is 13.2 Å². The molecule has 0 saturated heterocycles. The van der Waals surface area contributed by atoms with Crippen molar-refractivity contribution in [3.05, 3.63) is 77.4 Å². The normalized spacial score (nSPS) is 28.1. The maximum Gasteiger partial charge on any atom is 0.306 e. The molecule has 2 aromatic carbocycles. The Balaban J connectivity index is 0.891. The summed E-state index contributed by atoms with van der Waals surface area (Å²) in [6.07, 6.45) is 28.4. The number of allylic oxidation sites excluding steroid dienone is 2. The van der Waals surface area contributed by atoms with Gasteiger partial charge >= 0.3 is 5.97 Å². The average Bonchev–Trinajstić information content (AvgIpc) is 3.59. The molecule has 0 unspecified atom stereocenters. The topological polar surface area (TPSA) is 61.8 Å². The van der Waals surface area contributed by atoms with Crippen LogP contribution >= 0.6 is 0 Å². The highest BCUT2D eigenvalue weighted by atomic mass is 16.5. The lowest BCUT2D eigenvalue weighted by Gasteiger charge is -2.58. The van der Waals surface area contributed by atoms with E-state index in [0.29, 0.717) is 37.0 Å². The second-order valence-electron chi connectivity index (χ2n) is 20.0. The van der Waals surface area contributed by atoms with Crippen LogP contribution in [0.5, 0.6) is 11.5 Å². The van der Waals surface area contributed by atoms with Crippen molar-refractivity contribution in [2.24, 2.45) is 46.3 Å². The first kappa shape index (κ1) is 45.2. The molecular formula is C54H78O5. The second-order valence-corrected chi connectivity index (χ2v) is 20.0. The van der Waals surface area contributed by atoms with Gasteiger partial charge in [-0.2, -0.15) is 0 Å². The monoisotopic (exact) mass is 807 g/mol. The molecule has 4 aliphatic carbocycles. The molecule has 0 amide bonds. The Morgan fingerprint density at radius 2 is 1.56 bits per heavy atom. The van der Waals surface area contributed by atoms with Crippen LogP contribution in [0.25, 0.3) is 6.08 Å². The molecule has 3 saturated carbocycles. The smallest absolute Gasteiger partial charge is 0.306 e. The van der Waals surface area contributed by atoms with Gasteiger partial charge in [0.25, 0.3) is 0 Å². The highest BCUT2D eigenvalue weighted by Crippen LogP contribution is 2.67. The maximum absolute atomic E-state index is 13.0. The van der Waals surface area contributed by atoms with Crippen molar-refractivity contribution in [2.45, 2.75) is 170 Å². The predicted molar refractivity (Wildman–Crippen MR) is 243 cm³/mol. The highest BCUT2D eigenvalue weighted by molar-refractivity contribution is 6.07. The Labute approximate surface area is 358 Å². The summed E-state index contributed by atoms with van der Waals surface area (Å²) < 4.78 is 18.0. The van der Waals surface area contributed by atoms with Crippen LogP contribution in [0.4, 0.5) is 0 Å². The molecule has 8 atom stereocenters. The minimum Gasteiger partial charge on any atom is -0.494 e. The summed E-state index contributed by atoms with van der Waals surface area (Å²) in [5.41, 5.74) is 3.88. The van der Waals surface area contributed by atoms with Gasteiger partial charge in [-0.1, -0.05) is 135 Å². The molecule has 6 rings (SSSR count). The number of rotatable bonds is 22. The van der Waals surface area contributed by atoms with Crippen molar-refractivity contribution >= 4 is 17.8 Å². The van der Waals surface area contributed by atoms with Gasteiger partial charge in [-0.3, -0.25) is 9.59 Å². The lowest BCUT2D eigenvalue weighted by atomic mass is 9.47. The average molecular weight is 807 g/mol. The van der Waals surface area contributed by atoms with E-state index in [1.165, 1.54) is 83.5 Å². The van der Waals surface area contributed by atoms with Crippen molar-refractivity contribution < 1.29 is 23.8 Å². The van der Waals surface area contributed by atoms with Gasteiger partial charge in [-0.25, -0.2) is 0 Å². The van der Waals surface area contributed by atoms with Gasteiger partial charge < -0.3 is 14.2 Å². The molecule has 59 heavy (non-hydrogen) atoms. The molecule has 5 nitrogen and oxygen atoms in total. The molecule has 0 heterocycles. The van der Waals surface area contributed by atoms with Gasteiger partial charge in [0.2, 0.25) is 0 Å². The van der Waals surface area contributed by atoms with Crippen LogP contribution < -0.4 is 9.47 Å². The summed E-state index contributed by atoms with van der Waals surface area (Å²) in [5.74, 6) is 6.34. The molecule has 0 aromatic heterocycles. The molecule has 0 bridgehead atoms. The van der Waals surface area contributed by atoms with Crippen LogP contribution in [0.1, 0.15) is 179 Å². The Bertz CT molecular complexity index is 1710. The predicted octanol–water partition coefficient (Wildman–Crippen LogP) is 14.4. The van der Waals surface area contributed by atoms with Gasteiger partial charge in [0, 0.05) is 18.4 Å². The van der Waals surface area contributed by atoms with Gasteiger partial charge in [-0.15, -0.1) is 0 Å². The number of benzene rings is 2. The summed E-state index contributed by atoms with van der Waals surface area (Å²) in [6.45, 7) is 15.9. The summed E-state index contributed by atoms with van der Waals surface area (Å²) in [6, 6.07) is 15.2. The molecule has 0 spiro atoms. The summed E-state index contributed by atoms with van der Waals surface area (Å²) >= 11 is 0. The first-order valence-electron chi connectivity index (χ1n) is 24.1. The molecule has 0 N–H and O–H groups in total. The van der Waals surface area contributed by atoms with E-state index in [9.17, 15) is 9.59 Å². The Kier molecular flexibility index (Phi) is 16.4. The lowest BCUT2D eigenvalue weighted by Crippen LogP contribution is -2.51. The first-order valence-corrected chi connectivity index (χ1v) is 24.1. The fourth-order valence-electron chi connectivity index (χ4n) is 12.2. The van der Waals surface area contributed by atoms with E-state index < -0.39 is 0 Å².